The zero-order valence-electron chi connectivity index (χ0n) is 16.9. The highest BCUT2D eigenvalue weighted by atomic mass is 16.5. The topological polar surface area (TPSA) is 60.5 Å². The highest BCUT2D eigenvalue weighted by Gasteiger charge is 2.04. The van der Waals surface area contributed by atoms with Gasteiger partial charge in [-0.25, -0.2) is 4.98 Å². The van der Waals surface area contributed by atoms with Gasteiger partial charge in [0.05, 0.1) is 13.7 Å². The van der Waals surface area contributed by atoms with Crippen molar-refractivity contribution in [3.63, 3.8) is 0 Å². The number of carbonyl (C=O) groups excluding carboxylic acids is 1. The molecule has 0 unspecified atom stereocenters. The SMILES string of the molecule is CCOc1ccc(/C=C/C(=O)Nc2cccc(C#Cc3ccccn3)c2)cc1OC. The Hall–Kier alpha value is -4.04. The fourth-order valence-corrected chi connectivity index (χ4v) is 2.67. The molecule has 0 fully saturated rings. The maximum Gasteiger partial charge on any atom is 0.248 e. The van der Waals surface area contributed by atoms with E-state index in [9.17, 15) is 4.79 Å². The van der Waals surface area contributed by atoms with Gasteiger partial charge in [0.25, 0.3) is 0 Å². The molecule has 0 bridgehead atoms. The van der Waals surface area contributed by atoms with Crippen LogP contribution in [-0.2, 0) is 4.79 Å². The van der Waals surface area contributed by atoms with Gasteiger partial charge in [0, 0.05) is 23.5 Å². The molecule has 0 radical (unpaired) electrons. The molecule has 1 heterocycles. The van der Waals surface area contributed by atoms with Crippen molar-refractivity contribution in [1.29, 1.82) is 0 Å². The lowest BCUT2D eigenvalue weighted by atomic mass is 10.1. The van der Waals surface area contributed by atoms with E-state index in [1.807, 2.05) is 67.6 Å². The van der Waals surface area contributed by atoms with Crippen LogP contribution in [0, 0.1) is 11.8 Å². The fraction of sp³-hybridized carbons (Fsp3) is 0.120. The molecule has 0 saturated heterocycles. The minimum absolute atomic E-state index is 0.238. The van der Waals surface area contributed by atoms with Gasteiger partial charge in [0.15, 0.2) is 11.5 Å². The largest absolute Gasteiger partial charge is 0.493 e. The number of methoxy groups -OCH3 is 1. The Morgan fingerprint density at radius 2 is 1.97 bits per heavy atom. The molecule has 150 valence electrons. The van der Waals surface area contributed by atoms with Gasteiger partial charge < -0.3 is 14.8 Å². The van der Waals surface area contributed by atoms with E-state index < -0.39 is 0 Å². The molecule has 0 spiro atoms. The highest BCUT2D eigenvalue weighted by Crippen LogP contribution is 2.28. The molecule has 1 N–H and O–H groups in total. The summed E-state index contributed by atoms with van der Waals surface area (Å²) in [6, 6.07) is 18.5. The minimum Gasteiger partial charge on any atom is -0.493 e. The molecular formula is C25H22N2O3. The molecule has 0 aliphatic carbocycles. The lowest BCUT2D eigenvalue weighted by Crippen LogP contribution is -2.07. The molecular weight excluding hydrogens is 376 g/mol. The Morgan fingerprint density at radius 1 is 1.07 bits per heavy atom. The van der Waals surface area contributed by atoms with Crippen LogP contribution in [0.5, 0.6) is 11.5 Å². The quantitative estimate of drug-likeness (QED) is 0.489. The van der Waals surface area contributed by atoms with Gasteiger partial charge in [0.1, 0.15) is 5.69 Å². The van der Waals surface area contributed by atoms with Gasteiger partial charge in [-0.2, -0.15) is 0 Å². The molecule has 2 aromatic carbocycles. The van der Waals surface area contributed by atoms with E-state index >= 15 is 0 Å². The maximum absolute atomic E-state index is 12.3. The van der Waals surface area contributed by atoms with Gasteiger partial charge in [0.2, 0.25) is 5.91 Å². The predicted molar refractivity (Wildman–Crippen MR) is 118 cm³/mol. The lowest BCUT2D eigenvalue weighted by Gasteiger charge is -2.09. The van der Waals surface area contributed by atoms with Crippen molar-refractivity contribution in [2.75, 3.05) is 19.0 Å². The van der Waals surface area contributed by atoms with Gasteiger partial charge in [-0.15, -0.1) is 0 Å². The second-order valence-corrected chi connectivity index (χ2v) is 6.21. The van der Waals surface area contributed by atoms with E-state index in [0.29, 0.717) is 29.5 Å². The van der Waals surface area contributed by atoms with Crippen molar-refractivity contribution in [2.45, 2.75) is 6.92 Å². The van der Waals surface area contributed by atoms with Crippen LogP contribution in [0.3, 0.4) is 0 Å². The van der Waals surface area contributed by atoms with E-state index in [0.717, 1.165) is 11.1 Å². The molecule has 0 aliphatic rings. The van der Waals surface area contributed by atoms with Crippen molar-refractivity contribution in [2.24, 2.45) is 0 Å². The average Bonchev–Trinajstić information content (AvgIpc) is 2.78. The second kappa shape index (κ2) is 10.5. The van der Waals surface area contributed by atoms with Crippen LogP contribution in [0.25, 0.3) is 6.08 Å². The highest BCUT2D eigenvalue weighted by molar-refractivity contribution is 6.02. The predicted octanol–water partition coefficient (Wildman–Crippen LogP) is 4.54. The number of carbonyl (C=O) groups is 1. The normalized spacial score (nSPS) is 10.2. The first-order chi connectivity index (χ1) is 14.7. The first-order valence-corrected chi connectivity index (χ1v) is 9.51. The van der Waals surface area contributed by atoms with Crippen LogP contribution in [-0.4, -0.2) is 24.6 Å². The van der Waals surface area contributed by atoms with E-state index in [-0.39, 0.29) is 5.91 Å². The maximum atomic E-state index is 12.3. The summed E-state index contributed by atoms with van der Waals surface area (Å²) < 4.78 is 10.8. The number of anilines is 1. The summed E-state index contributed by atoms with van der Waals surface area (Å²) in [5, 5.41) is 2.85. The number of hydrogen-bond acceptors (Lipinski definition) is 4. The first-order valence-electron chi connectivity index (χ1n) is 9.51. The zero-order valence-corrected chi connectivity index (χ0v) is 16.9. The summed E-state index contributed by atoms with van der Waals surface area (Å²) >= 11 is 0. The van der Waals surface area contributed by atoms with E-state index in [1.165, 1.54) is 6.08 Å². The van der Waals surface area contributed by atoms with Crippen LogP contribution in [0.1, 0.15) is 23.7 Å². The number of pyridine rings is 1. The molecule has 3 rings (SSSR count). The summed E-state index contributed by atoms with van der Waals surface area (Å²) in [5.74, 6) is 7.11. The lowest BCUT2D eigenvalue weighted by molar-refractivity contribution is -0.111. The zero-order chi connectivity index (χ0) is 21.2. The van der Waals surface area contributed by atoms with Crippen molar-refractivity contribution < 1.29 is 14.3 Å². The van der Waals surface area contributed by atoms with Crippen molar-refractivity contribution in [1.82, 2.24) is 4.98 Å². The molecule has 30 heavy (non-hydrogen) atoms. The summed E-state index contributed by atoms with van der Waals surface area (Å²) in [4.78, 5) is 16.5. The van der Waals surface area contributed by atoms with Crippen molar-refractivity contribution in [3.8, 4) is 23.3 Å². The van der Waals surface area contributed by atoms with Gasteiger partial charge in [-0.1, -0.05) is 24.1 Å². The molecule has 0 aliphatic heterocycles. The Kier molecular flexibility index (Phi) is 7.23. The monoisotopic (exact) mass is 398 g/mol. The molecule has 1 aromatic heterocycles. The third-order valence-corrected chi connectivity index (χ3v) is 4.04. The number of nitrogens with one attached hydrogen (secondary N) is 1. The molecule has 0 saturated carbocycles. The Bertz CT molecular complexity index is 1100. The Balaban J connectivity index is 1.66. The number of nitrogens with zero attached hydrogens (tertiary/aromatic N) is 1. The van der Waals surface area contributed by atoms with E-state index in [4.69, 9.17) is 9.47 Å². The molecule has 0 atom stereocenters. The summed E-state index contributed by atoms with van der Waals surface area (Å²) in [7, 11) is 1.59. The van der Waals surface area contributed by atoms with Gasteiger partial charge in [-0.05, 0) is 66.9 Å². The van der Waals surface area contributed by atoms with Crippen LogP contribution >= 0.6 is 0 Å². The van der Waals surface area contributed by atoms with Gasteiger partial charge >= 0.3 is 0 Å². The number of amides is 1. The smallest absolute Gasteiger partial charge is 0.248 e. The van der Waals surface area contributed by atoms with Crippen LogP contribution in [0.2, 0.25) is 0 Å². The molecule has 3 aromatic rings. The summed E-state index contributed by atoms with van der Waals surface area (Å²) in [6.07, 6.45) is 4.90. The second-order valence-electron chi connectivity index (χ2n) is 6.21. The molecule has 1 amide bonds. The summed E-state index contributed by atoms with van der Waals surface area (Å²) in [6.45, 7) is 2.47. The minimum atomic E-state index is -0.238. The number of benzene rings is 2. The fourth-order valence-electron chi connectivity index (χ4n) is 2.67. The third-order valence-electron chi connectivity index (χ3n) is 4.04. The van der Waals surface area contributed by atoms with Gasteiger partial charge in [-0.3, -0.25) is 4.79 Å². The third kappa shape index (κ3) is 5.98. The van der Waals surface area contributed by atoms with Crippen molar-refractivity contribution in [3.05, 3.63) is 89.8 Å². The number of hydrogen-bond donors (Lipinski definition) is 1. The van der Waals surface area contributed by atoms with Crippen molar-refractivity contribution >= 4 is 17.7 Å². The average molecular weight is 398 g/mol. The summed E-state index contributed by atoms with van der Waals surface area (Å²) in [5.41, 5.74) is 2.99. The van der Waals surface area contributed by atoms with E-state index in [2.05, 4.69) is 22.1 Å². The standard InChI is InChI=1S/C25H22N2O3/c1-3-30-23-14-11-20(18-24(23)29-2)12-15-25(28)27-22-9-6-7-19(17-22)10-13-21-8-4-5-16-26-21/h4-9,11-12,14-18H,3H2,1-2H3,(H,27,28)/b15-12+. The number of aromatic nitrogens is 1. The molecule has 5 nitrogen and oxygen atoms in total. The van der Waals surface area contributed by atoms with Crippen LogP contribution < -0.4 is 14.8 Å². The Morgan fingerprint density at radius 3 is 2.73 bits per heavy atom. The number of rotatable bonds is 6. The van der Waals surface area contributed by atoms with E-state index in [1.54, 1.807) is 19.4 Å². The molecule has 5 heteroatoms. The Labute approximate surface area is 176 Å². The van der Waals surface area contributed by atoms with Crippen LogP contribution in [0.15, 0.2) is 72.9 Å². The number of ether oxygens (including phenoxy) is 2. The first kappa shape index (κ1) is 20.7. The van der Waals surface area contributed by atoms with Crippen LogP contribution in [0.4, 0.5) is 5.69 Å².